The quantitative estimate of drug-likeness (QED) is 0.658. The molecule has 0 aliphatic rings. The van der Waals surface area contributed by atoms with Crippen LogP contribution in [0.3, 0.4) is 0 Å². The highest BCUT2D eigenvalue weighted by Crippen LogP contribution is 2.27. The molecule has 0 saturated carbocycles. The molecule has 1 aromatic heterocycles. The summed E-state index contributed by atoms with van der Waals surface area (Å²) in [6, 6.07) is 11.8. The molecule has 0 amide bonds. The third-order valence-corrected chi connectivity index (χ3v) is 3.89. The molecule has 1 aromatic carbocycles. The maximum absolute atomic E-state index is 7.45. The van der Waals surface area contributed by atoms with Crippen LogP contribution >= 0.6 is 11.6 Å². The number of hydrogen-bond acceptors (Lipinski definition) is 3. The van der Waals surface area contributed by atoms with Crippen LogP contribution in [0.5, 0.6) is 0 Å². The number of nitrogens with zero attached hydrogens (tertiary/aromatic N) is 2. The molecular formula is C16H19ClN4. The minimum atomic E-state index is -0.0151. The molecule has 1 unspecified atom stereocenters. The first-order valence-electron chi connectivity index (χ1n) is 6.73. The van der Waals surface area contributed by atoms with Crippen LogP contribution in [0.15, 0.2) is 42.6 Å². The second-order valence-corrected chi connectivity index (χ2v) is 5.48. The van der Waals surface area contributed by atoms with E-state index in [1.54, 1.807) is 6.20 Å². The van der Waals surface area contributed by atoms with E-state index in [0.29, 0.717) is 5.69 Å². The van der Waals surface area contributed by atoms with Crippen molar-refractivity contribution in [2.45, 2.75) is 19.5 Å². The fraction of sp³-hybridized carbons (Fsp3) is 0.250. The van der Waals surface area contributed by atoms with E-state index in [4.69, 9.17) is 22.7 Å². The second kappa shape index (κ2) is 6.70. The number of benzene rings is 1. The Kier molecular flexibility index (Phi) is 4.94. The van der Waals surface area contributed by atoms with Gasteiger partial charge in [0.25, 0.3) is 0 Å². The van der Waals surface area contributed by atoms with Gasteiger partial charge in [0.2, 0.25) is 0 Å². The van der Waals surface area contributed by atoms with Crippen molar-refractivity contribution < 1.29 is 0 Å². The van der Waals surface area contributed by atoms with E-state index in [1.807, 2.05) is 43.4 Å². The summed E-state index contributed by atoms with van der Waals surface area (Å²) in [4.78, 5) is 6.27. The van der Waals surface area contributed by atoms with Gasteiger partial charge in [-0.15, -0.1) is 0 Å². The molecule has 0 spiro atoms. The lowest BCUT2D eigenvalue weighted by atomic mass is 10.1. The van der Waals surface area contributed by atoms with Crippen LogP contribution in [-0.4, -0.2) is 22.8 Å². The van der Waals surface area contributed by atoms with Gasteiger partial charge in [-0.25, -0.2) is 0 Å². The number of pyridine rings is 1. The molecule has 4 nitrogen and oxygen atoms in total. The minimum absolute atomic E-state index is 0.0151. The largest absolute Gasteiger partial charge is 0.382 e. The summed E-state index contributed by atoms with van der Waals surface area (Å²) in [5.74, 6) is -0.0151. The van der Waals surface area contributed by atoms with Gasteiger partial charge in [0.05, 0.1) is 0 Å². The van der Waals surface area contributed by atoms with E-state index in [9.17, 15) is 0 Å². The van der Waals surface area contributed by atoms with Crippen LogP contribution in [0.1, 0.15) is 29.8 Å². The van der Waals surface area contributed by atoms with Crippen LogP contribution in [0.2, 0.25) is 5.02 Å². The van der Waals surface area contributed by atoms with Gasteiger partial charge in [-0.05, 0) is 43.3 Å². The van der Waals surface area contributed by atoms with Crippen LogP contribution < -0.4 is 5.73 Å². The van der Waals surface area contributed by atoms with Gasteiger partial charge in [-0.2, -0.15) is 0 Å². The first kappa shape index (κ1) is 15.5. The fourth-order valence-corrected chi connectivity index (χ4v) is 2.49. The van der Waals surface area contributed by atoms with Crippen LogP contribution in [0, 0.1) is 5.41 Å². The van der Waals surface area contributed by atoms with Crippen LogP contribution in [-0.2, 0) is 6.54 Å². The first-order valence-corrected chi connectivity index (χ1v) is 7.11. The Hall–Kier alpha value is -1.91. The standard InChI is InChI=1S/C16H19ClN4/c1-11(13-5-3-4-6-14(13)17)21(2)10-12-7-8-20-15(9-12)16(18)19/h3-9,11H,10H2,1-2H3,(H3,18,19). The summed E-state index contributed by atoms with van der Waals surface area (Å²) < 4.78 is 0. The van der Waals surface area contributed by atoms with E-state index < -0.39 is 0 Å². The van der Waals surface area contributed by atoms with Crippen LogP contribution in [0.4, 0.5) is 0 Å². The molecule has 0 radical (unpaired) electrons. The van der Waals surface area contributed by atoms with Gasteiger partial charge < -0.3 is 5.73 Å². The third-order valence-electron chi connectivity index (χ3n) is 3.55. The smallest absolute Gasteiger partial charge is 0.141 e. The Balaban J connectivity index is 2.14. The second-order valence-electron chi connectivity index (χ2n) is 5.08. The molecule has 0 aliphatic carbocycles. The van der Waals surface area contributed by atoms with Crippen molar-refractivity contribution in [3.05, 3.63) is 64.4 Å². The lowest BCUT2D eigenvalue weighted by molar-refractivity contribution is 0.253. The highest BCUT2D eigenvalue weighted by molar-refractivity contribution is 6.31. The van der Waals surface area contributed by atoms with Crippen molar-refractivity contribution in [2.24, 2.45) is 5.73 Å². The molecule has 0 bridgehead atoms. The number of nitrogens with one attached hydrogen (secondary N) is 1. The number of aromatic nitrogens is 1. The van der Waals surface area contributed by atoms with Gasteiger partial charge in [0.1, 0.15) is 11.5 Å². The number of halogens is 1. The molecule has 1 atom stereocenters. The zero-order chi connectivity index (χ0) is 15.4. The molecular weight excluding hydrogens is 284 g/mol. The number of hydrogen-bond donors (Lipinski definition) is 2. The van der Waals surface area contributed by atoms with Gasteiger partial charge in [0, 0.05) is 23.8 Å². The number of nitrogens with two attached hydrogens (primary N) is 1. The van der Waals surface area contributed by atoms with Crippen molar-refractivity contribution in [3.8, 4) is 0 Å². The predicted molar refractivity (Wildman–Crippen MR) is 86.6 cm³/mol. The van der Waals surface area contributed by atoms with Crippen molar-refractivity contribution in [3.63, 3.8) is 0 Å². The van der Waals surface area contributed by atoms with Crippen LogP contribution in [0.25, 0.3) is 0 Å². The third kappa shape index (κ3) is 3.80. The zero-order valence-electron chi connectivity index (χ0n) is 12.2. The van der Waals surface area contributed by atoms with Gasteiger partial charge >= 0.3 is 0 Å². The Labute approximate surface area is 130 Å². The van der Waals surface area contributed by atoms with E-state index in [2.05, 4.69) is 16.8 Å². The van der Waals surface area contributed by atoms with E-state index in [-0.39, 0.29) is 11.9 Å². The number of amidine groups is 1. The molecule has 5 heteroatoms. The average Bonchev–Trinajstić information content (AvgIpc) is 2.47. The minimum Gasteiger partial charge on any atom is -0.382 e. The van der Waals surface area contributed by atoms with E-state index in [1.165, 1.54) is 0 Å². The van der Waals surface area contributed by atoms with Gasteiger partial charge in [-0.3, -0.25) is 15.3 Å². The molecule has 21 heavy (non-hydrogen) atoms. The van der Waals surface area contributed by atoms with Gasteiger partial charge in [0.15, 0.2) is 0 Å². The average molecular weight is 303 g/mol. The lowest BCUT2D eigenvalue weighted by Crippen LogP contribution is -2.22. The summed E-state index contributed by atoms with van der Waals surface area (Å²) in [5, 5.41) is 8.22. The zero-order valence-corrected chi connectivity index (χ0v) is 12.9. The Morgan fingerprint density at radius 3 is 2.76 bits per heavy atom. The van der Waals surface area contributed by atoms with Crippen molar-refractivity contribution in [1.29, 1.82) is 5.41 Å². The summed E-state index contributed by atoms with van der Waals surface area (Å²) in [6.45, 7) is 2.85. The van der Waals surface area contributed by atoms with Crippen molar-refractivity contribution in [1.82, 2.24) is 9.88 Å². The number of rotatable bonds is 5. The first-order chi connectivity index (χ1) is 9.99. The molecule has 110 valence electrons. The summed E-state index contributed by atoms with van der Waals surface area (Å²) in [6.07, 6.45) is 1.68. The SMILES string of the molecule is CC(c1ccccc1Cl)N(C)Cc1ccnc(C(=N)N)c1. The maximum Gasteiger partial charge on any atom is 0.141 e. The normalized spacial score (nSPS) is 12.4. The molecule has 3 N–H and O–H groups in total. The monoisotopic (exact) mass is 302 g/mol. The molecule has 2 rings (SSSR count). The highest BCUT2D eigenvalue weighted by atomic mass is 35.5. The summed E-state index contributed by atoms with van der Waals surface area (Å²) in [5.41, 5.74) is 8.15. The van der Waals surface area contributed by atoms with Crippen molar-refractivity contribution >= 4 is 17.4 Å². The molecule has 0 saturated heterocycles. The molecule has 0 aliphatic heterocycles. The fourth-order valence-electron chi connectivity index (χ4n) is 2.20. The maximum atomic E-state index is 7.45. The Morgan fingerprint density at radius 2 is 2.10 bits per heavy atom. The highest BCUT2D eigenvalue weighted by Gasteiger charge is 2.15. The van der Waals surface area contributed by atoms with E-state index >= 15 is 0 Å². The predicted octanol–water partition coefficient (Wildman–Crippen LogP) is 3.21. The molecule has 2 aromatic rings. The summed E-state index contributed by atoms with van der Waals surface area (Å²) in [7, 11) is 2.04. The summed E-state index contributed by atoms with van der Waals surface area (Å²) >= 11 is 6.25. The topological polar surface area (TPSA) is 66.0 Å². The Bertz CT molecular complexity index is 642. The van der Waals surface area contributed by atoms with Crippen molar-refractivity contribution in [2.75, 3.05) is 7.05 Å². The Morgan fingerprint density at radius 1 is 1.38 bits per heavy atom. The van der Waals surface area contributed by atoms with Gasteiger partial charge in [-0.1, -0.05) is 29.8 Å². The lowest BCUT2D eigenvalue weighted by Gasteiger charge is -2.26. The number of nitrogen functional groups attached to an aromatic ring is 1. The van der Waals surface area contributed by atoms with E-state index in [0.717, 1.165) is 22.7 Å². The molecule has 0 fully saturated rings. The molecule has 1 heterocycles.